The number of amides is 1. The van der Waals surface area contributed by atoms with Crippen LogP contribution in [0.4, 0.5) is 0 Å². The lowest BCUT2D eigenvalue weighted by atomic mass is 9.92. The maximum atomic E-state index is 11.1. The van der Waals surface area contributed by atoms with Gasteiger partial charge in [-0.2, -0.15) is 0 Å². The summed E-state index contributed by atoms with van der Waals surface area (Å²) in [6.07, 6.45) is 9.77. The molecule has 0 aromatic carbocycles. The number of carbonyl (C=O) groups excluding carboxylic acids is 1. The first-order valence-corrected chi connectivity index (χ1v) is 7.13. The van der Waals surface area contributed by atoms with Gasteiger partial charge in [-0.05, 0) is 13.3 Å². The Morgan fingerprint density at radius 3 is 1.89 bits per heavy atom. The fourth-order valence-electron chi connectivity index (χ4n) is 2.17. The standard InChI is InChI=1S/C14H29NO3/c1-3-4-5-6-7-8-9-10-11-12(13(15)16)14(2,17)18/h12,17-18H,3-11H2,1-2H3,(H2,15,16). The van der Waals surface area contributed by atoms with E-state index < -0.39 is 17.6 Å². The molecule has 0 spiro atoms. The summed E-state index contributed by atoms with van der Waals surface area (Å²) in [6.45, 7) is 3.41. The van der Waals surface area contributed by atoms with E-state index in [1.807, 2.05) is 0 Å². The van der Waals surface area contributed by atoms with Gasteiger partial charge in [-0.25, -0.2) is 0 Å². The van der Waals surface area contributed by atoms with Gasteiger partial charge < -0.3 is 15.9 Å². The normalized spacial score (nSPS) is 13.6. The van der Waals surface area contributed by atoms with Gasteiger partial charge in [0.2, 0.25) is 5.91 Å². The number of carbonyl (C=O) groups is 1. The van der Waals surface area contributed by atoms with Crippen LogP contribution in [0, 0.1) is 5.92 Å². The lowest BCUT2D eigenvalue weighted by molar-refractivity contribution is -0.189. The third-order valence-corrected chi connectivity index (χ3v) is 3.35. The van der Waals surface area contributed by atoms with Crippen LogP contribution in [-0.4, -0.2) is 21.9 Å². The minimum absolute atomic E-state index is 0.452. The second-order valence-corrected chi connectivity index (χ2v) is 5.31. The third-order valence-electron chi connectivity index (χ3n) is 3.35. The first kappa shape index (κ1) is 17.4. The molecule has 0 radical (unpaired) electrons. The Labute approximate surface area is 111 Å². The molecule has 0 saturated carbocycles. The van der Waals surface area contributed by atoms with E-state index in [0.29, 0.717) is 6.42 Å². The minimum Gasteiger partial charge on any atom is -0.369 e. The molecule has 0 rings (SSSR count). The van der Waals surface area contributed by atoms with Gasteiger partial charge in [0.1, 0.15) is 0 Å². The van der Waals surface area contributed by atoms with Crippen LogP contribution in [0.25, 0.3) is 0 Å². The van der Waals surface area contributed by atoms with Gasteiger partial charge >= 0.3 is 0 Å². The summed E-state index contributed by atoms with van der Waals surface area (Å²) < 4.78 is 0. The van der Waals surface area contributed by atoms with E-state index in [1.54, 1.807) is 0 Å². The highest BCUT2D eigenvalue weighted by Gasteiger charge is 2.33. The van der Waals surface area contributed by atoms with E-state index >= 15 is 0 Å². The highest BCUT2D eigenvalue weighted by Crippen LogP contribution is 2.21. The van der Waals surface area contributed by atoms with Gasteiger partial charge in [0.15, 0.2) is 5.79 Å². The second kappa shape index (κ2) is 9.34. The number of primary amides is 1. The van der Waals surface area contributed by atoms with Crippen molar-refractivity contribution in [3.63, 3.8) is 0 Å². The van der Waals surface area contributed by atoms with Crippen molar-refractivity contribution in [3.8, 4) is 0 Å². The van der Waals surface area contributed by atoms with Crippen LogP contribution in [0.2, 0.25) is 0 Å². The summed E-state index contributed by atoms with van der Waals surface area (Å²) in [7, 11) is 0. The molecule has 18 heavy (non-hydrogen) atoms. The van der Waals surface area contributed by atoms with Crippen LogP contribution in [0.1, 0.15) is 71.6 Å². The molecular weight excluding hydrogens is 230 g/mol. The van der Waals surface area contributed by atoms with E-state index in [0.717, 1.165) is 19.3 Å². The molecule has 1 amide bonds. The number of unbranched alkanes of at least 4 members (excludes halogenated alkanes) is 7. The molecule has 0 aromatic rings. The highest BCUT2D eigenvalue weighted by atomic mass is 16.5. The molecule has 0 bridgehead atoms. The summed E-state index contributed by atoms with van der Waals surface area (Å²) in [6, 6.07) is 0. The van der Waals surface area contributed by atoms with E-state index in [9.17, 15) is 15.0 Å². The van der Waals surface area contributed by atoms with Crippen LogP contribution in [0.3, 0.4) is 0 Å². The Bertz CT molecular complexity index is 224. The lowest BCUT2D eigenvalue weighted by Crippen LogP contribution is -2.42. The topological polar surface area (TPSA) is 83.6 Å². The molecular formula is C14H29NO3. The summed E-state index contributed by atoms with van der Waals surface area (Å²) in [5.41, 5.74) is 5.16. The van der Waals surface area contributed by atoms with Crippen molar-refractivity contribution in [2.24, 2.45) is 11.7 Å². The first-order valence-electron chi connectivity index (χ1n) is 7.13. The van der Waals surface area contributed by atoms with Gasteiger partial charge in [0, 0.05) is 0 Å². The Morgan fingerprint density at radius 1 is 1.06 bits per heavy atom. The van der Waals surface area contributed by atoms with Gasteiger partial charge in [-0.3, -0.25) is 4.79 Å². The van der Waals surface area contributed by atoms with Crippen LogP contribution < -0.4 is 5.73 Å². The van der Waals surface area contributed by atoms with Gasteiger partial charge in [-0.15, -0.1) is 0 Å². The molecule has 4 N–H and O–H groups in total. The van der Waals surface area contributed by atoms with Gasteiger partial charge in [-0.1, -0.05) is 58.3 Å². The Hall–Kier alpha value is -0.610. The van der Waals surface area contributed by atoms with E-state index in [1.165, 1.54) is 39.0 Å². The van der Waals surface area contributed by atoms with Crippen molar-refractivity contribution in [1.29, 1.82) is 0 Å². The largest absolute Gasteiger partial charge is 0.369 e. The monoisotopic (exact) mass is 259 g/mol. The molecule has 1 unspecified atom stereocenters. The van der Waals surface area contributed by atoms with Gasteiger partial charge in [0.25, 0.3) is 0 Å². The number of hydrogen-bond donors (Lipinski definition) is 3. The highest BCUT2D eigenvalue weighted by molar-refractivity contribution is 5.77. The lowest BCUT2D eigenvalue weighted by Gasteiger charge is -2.24. The molecule has 1 atom stereocenters. The second-order valence-electron chi connectivity index (χ2n) is 5.31. The number of hydrogen-bond acceptors (Lipinski definition) is 3. The molecule has 0 aliphatic rings. The molecule has 108 valence electrons. The fourth-order valence-corrected chi connectivity index (χ4v) is 2.17. The maximum absolute atomic E-state index is 11.1. The SMILES string of the molecule is CCCCCCCCCCC(C(N)=O)C(C)(O)O. The molecule has 0 aromatic heterocycles. The summed E-state index contributed by atoms with van der Waals surface area (Å²) in [5, 5.41) is 18.8. The molecule has 0 saturated heterocycles. The van der Waals surface area contributed by atoms with Crippen molar-refractivity contribution < 1.29 is 15.0 Å². The Morgan fingerprint density at radius 2 is 1.50 bits per heavy atom. The zero-order valence-corrected chi connectivity index (χ0v) is 11.8. The Kier molecular flexibility index (Phi) is 9.02. The first-order chi connectivity index (χ1) is 8.39. The van der Waals surface area contributed by atoms with E-state index in [4.69, 9.17) is 5.73 Å². The molecule has 0 heterocycles. The van der Waals surface area contributed by atoms with Crippen molar-refractivity contribution in [2.75, 3.05) is 0 Å². The number of rotatable bonds is 11. The molecule has 0 aliphatic carbocycles. The summed E-state index contributed by atoms with van der Waals surface area (Å²) in [5.74, 6) is -3.49. The zero-order chi connectivity index (χ0) is 14.0. The van der Waals surface area contributed by atoms with Crippen molar-refractivity contribution in [3.05, 3.63) is 0 Å². The summed E-state index contributed by atoms with van der Waals surface area (Å²) >= 11 is 0. The van der Waals surface area contributed by atoms with Crippen LogP contribution in [0.5, 0.6) is 0 Å². The smallest absolute Gasteiger partial charge is 0.225 e. The van der Waals surface area contributed by atoms with E-state index in [-0.39, 0.29) is 0 Å². The van der Waals surface area contributed by atoms with Crippen LogP contribution >= 0.6 is 0 Å². The average molecular weight is 259 g/mol. The number of nitrogens with two attached hydrogens (primary N) is 1. The quantitative estimate of drug-likeness (QED) is 0.393. The molecule has 4 heteroatoms. The Balaban J connectivity index is 3.60. The van der Waals surface area contributed by atoms with Crippen molar-refractivity contribution in [2.45, 2.75) is 77.4 Å². The molecule has 4 nitrogen and oxygen atoms in total. The average Bonchev–Trinajstić information content (AvgIpc) is 2.24. The van der Waals surface area contributed by atoms with Crippen molar-refractivity contribution in [1.82, 2.24) is 0 Å². The predicted octanol–water partition coefficient (Wildman–Crippen LogP) is 2.32. The zero-order valence-electron chi connectivity index (χ0n) is 11.8. The van der Waals surface area contributed by atoms with Gasteiger partial charge in [0.05, 0.1) is 5.92 Å². The molecule has 0 aliphatic heterocycles. The summed E-state index contributed by atoms with van der Waals surface area (Å²) in [4.78, 5) is 11.1. The third kappa shape index (κ3) is 8.48. The number of aliphatic hydroxyl groups is 2. The molecule has 0 fully saturated rings. The van der Waals surface area contributed by atoms with Crippen LogP contribution in [-0.2, 0) is 4.79 Å². The van der Waals surface area contributed by atoms with Crippen molar-refractivity contribution >= 4 is 5.91 Å². The minimum atomic E-state index is -1.99. The fraction of sp³-hybridized carbons (Fsp3) is 0.929. The van der Waals surface area contributed by atoms with Crippen LogP contribution in [0.15, 0.2) is 0 Å². The van der Waals surface area contributed by atoms with E-state index in [2.05, 4.69) is 6.92 Å². The maximum Gasteiger partial charge on any atom is 0.225 e. The predicted molar refractivity (Wildman–Crippen MR) is 72.8 cm³/mol.